The number of imidazole rings is 2. The zero-order valence-electron chi connectivity index (χ0n) is 41.6. The Morgan fingerprint density at radius 2 is 0.697 bits per heavy atom. The molecule has 8 nitrogen and oxygen atoms in total. The first-order valence-electron chi connectivity index (χ1n) is 27.1. The van der Waals surface area contributed by atoms with E-state index in [0.29, 0.717) is 0 Å². The molecule has 0 N–H and O–H groups in total. The van der Waals surface area contributed by atoms with Crippen LogP contribution < -0.4 is 9.13 Å². The van der Waals surface area contributed by atoms with E-state index < -0.39 is 0 Å². The zero-order chi connectivity index (χ0) is 45.1. The highest BCUT2D eigenvalue weighted by molar-refractivity contribution is 5.26. The summed E-state index contributed by atoms with van der Waals surface area (Å²) in [4.78, 5) is 0. The largest absolute Gasteiger partial charge is 0.306 e. The van der Waals surface area contributed by atoms with Crippen molar-refractivity contribution in [2.45, 2.75) is 143 Å². The summed E-state index contributed by atoms with van der Waals surface area (Å²) in [6.45, 7) is 29.5. The maximum absolute atomic E-state index is 2.50. The molecule has 6 aliphatic rings. The van der Waals surface area contributed by atoms with Crippen molar-refractivity contribution in [1.82, 2.24) is 9.13 Å². The van der Waals surface area contributed by atoms with Crippen LogP contribution in [0.5, 0.6) is 0 Å². The van der Waals surface area contributed by atoms with Crippen molar-refractivity contribution in [3.05, 3.63) is 144 Å². The number of nitrogens with zero attached hydrogens (tertiary/aromatic N) is 8. The van der Waals surface area contributed by atoms with Gasteiger partial charge in [0.2, 0.25) is 12.7 Å². The summed E-state index contributed by atoms with van der Waals surface area (Å²) in [5, 5.41) is 0. The molecule has 0 aliphatic carbocycles. The van der Waals surface area contributed by atoms with Gasteiger partial charge < -0.3 is 17.9 Å². The standard InChI is InChI=1S/C58H88N8/c1-3-5-7-9-11-15-27-59-29-31-61(51-59)45-53-19-23-55(24-20-53)47-63-33-39-65(40-34-63,41-35-63)49-57-17-13-14-18-58(57)50-66-42-36-64(37-43-66,38-44-66)48-56-25-21-54(22-26-56)46-62-32-30-60(52-62)28-16-12-10-8-6-4-2/h13-14,17-26,29-32,51-52H,3-12,15-16,27-28,33-50H2,1-2H3/q+6. The Bertz CT molecular complexity index is 2040. The molecule has 6 fully saturated rings. The van der Waals surface area contributed by atoms with Crippen molar-refractivity contribution >= 4 is 0 Å². The number of fused-ring (bicyclic) bond motifs is 6. The van der Waals surface area contributed by atoms with Gasteiger partial charge >= 0.3 is 0 Å². The minimum absolute atomic E-state index is 0.954. The van der Waals surface area contributed by atoms with Crippen molar-refractivity contribution in [3.63, 3.8) is 0 Å². The van der Waals surface area contributed by atoms with Crippen molar-refractivity contribution in [3.8, 4) is 0 Å². The second-order valence-electron chi connectivity index (χ2n) is 22.3. The Morgan fingerprint density at radius 3 is 1.06 bits per heavy atom. The Hall–Kier alpha value is -4.08. The third kappa shape index (κ3) is 12.1. The first-order valence-corrected chi connectivity index (χ1v) is 27.1. The molecule has 4 bridgehead atoms. The predicted octanol–water partition coefficient (Wildman–Crippen LogP) is 9.40. The fourth-order valence-corrected chi connectivity index (χ4v) is 12.6. The van der Waals surface area contributed by atoms with Gasteiger partial charge in [-0.3, -0.25) is 0 Å². The molecule has 6 aliphatic heterocycles. The summed E-state index contributed by atoms with van der Waals surface area (Å²) in [6.07, 6.45) is 29.8. The van der Waals surface area contributed by atoms with E-state index in [4.69, 9.17) is 0 Å². The Kier molecular flexibility index (Phi) is 15.6. The van der Waals surface area contributed by atoms with E-state index in [0.717, 1.165) is 26.2 Å². The van der Waals surface area contributed by atoms with Gasteiger partial charge in [0.15, 0.2) is 0 Å². The molecule has 3 aromatic carbocycles. The summed E-state index contributed by atoms with van der Waals surface area (Å²) in [5.74, 6) is 0. The van der Waals surface area contributed by atoms with E-state index in [9.17, 15) is 0 Å². The number of aromatic nitrogens is 4. The minimum Gasteiger partial charge on any atom is -0.306 e. The van der Waals surface area contributed by atoms with Crippen LogP contribution in [-0.4, -0.2) is 106 Å². The molecule has 0 amide bonds. The van der Waals surface area contributed by atoms with Gasteiger partial charge in [-0.15, -0.1) is 0 Å². The van der Waals surface area contributed by atoms with Crippen LogP contribution in [0.1, 0.15) is 124 Å². The molecule has 0 unspecified atom stereocenters. The summed E-state index contributed by atoms with van der Waals surface area (Å²) >= 11 is 0. The lowest BCUT2D eigenvalue weighted by molar-refractivity contribution is -1.09. The molecule has 2 aromatic heterocycles. The molecule has 6 saturated heterocycles. The molecule has 11 rings (SSSR count). The highest BCUT2D eigenvalue weighted by Crippen LogP contribution is 2.35. The molecule has 354 valence electrons. The Balaban J connectivity index is 0.715. The van der Waals surface area contributed by atoms with Crippen LogP contribution in [0, 0.1) is 0 Å². The van der Waals surface area contributed by atoms with Gasteiger partial charge in [-0.1, -0.05) is 138 Å². The van der Waals surface area contributed by atoms with E-state index in [1.165, 1.54) is 222 Å². The predicted molar refractivity (Wildman–Crippen MR) is 268 cm³/mol. The number of benzene rings is 3. The molecule has 0 radical (unpaired) electrons. The molecule has 66 heavy (non-hydrogen) atoms. The Morgan fingerprint density at radius 1 is 0.379 bits per heavy atom. The third-order valence-electron chi connectivity index (χ3n) is 17.3. The first kappa shape index (κ1) is 47.0. The van der Waals surface area contributed by atoms with Crippen molar-refractivity contribution < 1.29 is 27.1 Å². The number of piperazine rings is 6. The van der Waals surface area contributed by atoms with E-state index in [1.54, 1.807) is 11.1 Å². The quantitative estimate of drug-likeness (QED) is 0.0300. The average Bonchev–Trinajstić information content (AvgIpc) is 4.00. The van der Waals surface area contributed by atoms with E-state index in [2.05, 4.69) is 142 Å². The molecule has 5 aromatic rings. The summed E-state index contributed by atoms with van der Waals surface area (Å²) in [6, 6.07) is 28.9. The number of aryl methyl sites for hydroxylation is 2. The lowest BCUT2D eigenvalue weighted by Gasteiger charge is -2.56. The van der Waals surface area contributed by atoms with Gasteiger partial charge in [0.25, 0.3) is 0 Å². The maximum Gasteiger partial charge on any atom is 0.244 e. The number of hydrogen-bond acceptors (Lipinski definition) is 0. The van der Waals surface area contributed by atoms with Gasteiger partial charge in [-0.25, -0.2) is 18.3 Å². The van der Waals surface area contributed by atoms with Crippen LogP contribution in [0.4, 0.5) is 0 Å². The Labute approximate surface area is 400 Å². The fourth-order valence-electron chi connectivity index (χ4n) is 12.6. The second-order valence-corrected chi connectivity index (χ2v) is 22.3. The molecule has 0 atom stereocenters. The van der Waals surface area contributed by atoms with Crippen molar-refractivity contribution in [2.75, 3.05) is 78.5 Å². The van der Waals surface area contributed by atoms with Gasteiger partial charge in [0.05, 0.1) is 13.1 Å². The lowest BCUT2D eigenvalue weighted by Crippen LogP contribution is -2.74. The first-order chi connectivity index (χ1) is 32.3. The maximum atomic E-state index is 2.50. The number of unbranched alkanes of at least 4 members (excludes halogenated alkanes) is 10. The van der Waals surface area contributed by atoms with Crippen LogP contribution >= 0.6 is 0 Å². The number of hydrogen-bond donors (Lipinski definition) is 0. The summed E-state index contributed by atoms with van der Waals surface area (Å²) in [7, 11) is 0. The van der Waals surface area contributed by atoms with Crippen LogP contribution in [0.2, 0.25) is 0 Å². The van der Waals surface area contributed by atoms with E-state index in [1.807, 2.05) is 0 Å². The van der Waals surface area contributed by atoms with Gasteiger partial charge in [0, 0.05) is 22.3 Å². The van der Waals surface area contributed by atoms with Gasteiger partial charge in [-0.05, 0) is 36.8 Å². The SMILES string of the molecule is CCCCCCCCn1cc[n+](Cc2ccc(C[N+]34CC[N+](Cc5ccccc5C[N+]56CC[N+](Cc7ccc(C[n+]8ccn(CCCCCCCC)c8)cc7)(CC5)CC6)(CC3)CC4)cc2)c1. The zero-order valence-corrected chi connectivity index (χ0v) is 41.6. The summed E-state index contributed by atoms with van der Waals surface area (Å²) < 4.78 is 14.6. The minimum atomic E-state index is 0.954. The topological polar surface area (TPSA) is 17.6 Å². The third-order valence-corrected chi connectivity index (χ3v) is 17.3. The molecule has 8 heterocycles. The van der Waals surface area contributed by atoms with Gasteiger partial charge in [-0.2, -0.15) is 0 Å². The molecule has 0 spiro atoms. The monoisotopic (exact) mass is 897 g/mol. The normalized spacial score (nSPS) is 24.6. The van der Waals surface area contributed by atoms with E-state index >= 15 is 0 Å². The van der Waals surface area contributed by atoms with Crippen LogP contribution in [0.3, 0.4) is 0 Å². The molecule has 0 saturated carbocycles. The smallest absolute Gasteiger partial charge is 0.244 e. The molecule has 8 heteroatoms. The van der Waals surface area contributed by atoms with Gasteiger partial charge in [0.1, 0.15) is 143 Å². The highest BCUT2D eigenvalue weighted by Gasteiger charge is 2.51. The summed E-state index contributed by atoms with van der Waals surface area (Å²) in [5.41, 5.74) is 9.13. The van der Waals surface area contributed by atoms with Crippen molar-refractivity contribution in [2.24, 2.45) is 0 Å². The average molecular weight is 897 g/mol. The number of quaternary nitrogens is 4. The van der Waals surface area contributed by atoms with Crippen LogP contribution in [-0.2, 0) is 52.4 Å². The van der Waals surface area contributed by atoms with E-state index in [-0.39, 0.29) is 0 Å². The molecular formula is C58H88N8+6. The second kappa shape index (κ2) is 21.9. The number of rotatable bonds is 26. The van der Waals surface area contributed by atoms with Crippen LogP contribution in [0.25, 0.3) is 0 Å². The van der Waals surface area contributed by atoms with Crippen molar-refractivity contribution in [1.29, 1.82) is 0 Å². The van der Waals surface area contributed by atoms with Crippen LogP contribution in [0.15, 0.2) is 110 Å². The fraction of sp³-hybridized carbons (Fsp3) is 0.586. The lowest BCUT2D eigenvalue weighted by atomic mass is 9.98. The molecular weight excluding hydrogens is 809 g/mol. The highest BCUT2D eigenvalue weighted by atomic mass is 15.5.